The van der Waals surface area contributed by atoms with Gasteiger partial charge in [0, 0.05) is 23.0 Å². The summed E-state index contributed by atoms with van der Waals surface area (Å²) in [5.74, 6) is 0.886. The molecule has 0 bridgehead atoms. The Kier molecular flexibility index (Phi) is 8.99. The Hall–Kier alpha value is 1.02. The van der Waals surface area contributed by atoms with E-state index in [0.29, 0.717) is 24.6 Å². The molecule has 0 fully saturated rings. The monoisotopic (exact) mass is 268 g/mol. The highest BCUT2D eigenvalue weighted by molar-refractivity contribution is 7.81. The lowest BCUT2D eigenvalue weighted by Crippen LogP contribution is -1.96. The Morgan fingerprint density at radius 2 is 1.38 bits per heavy atom. The largest absolute Gasteiger partial charge is 0.424 e. The fourth-order valence-corrected chi connectivity index (χ4v) is 1.89. The molecule has 0 rings (SSSR count). The third-order valence-electron chi connectivity index (χ3n) is 1.05. The van der Waals surface area contributed by atoms with E-state index in [0.717, 1.165) is 0 Å². The van der Waals surface area contributed by atoms with Gasteiger partial charge < -0.3 is 0 Å². The van der Waals surface area contributed by atoms with Crippen molar-refractivity contribution >= 4 is 41.4 Å². The Bertz CT molecular complexity index is 153. The minimum Gasteiger partial charge on any atom is -0.297 e. The molecule has 0 unspecified atom stereocenters. The van der Waals surface area contributed by atoms with E-state index in [9.17, 15) is 4.57 Å². The fourth-order valence-electron chi connectivity index (χ4n) is 0.494. The van der Waals surface area contributed by atoms with Crippen LogP contribution in [0.2, 0.25) is 0 Å². The van der Waals surface area contributed by atoms with Crippen LogP contribution >= 0.6 is 41.4 Å². The zero-order chi connectivity index (χ0) is 10.2. The van der Waals surface area contributed by atoms with Gasteiger partial charge in [-0.3, -0.25) is 9.05 Å². The van der Waals surface area contributed by atoms with E-state index in [4.69, 9.17) is 43.5 Å². The molecule has 0 aliphatic rings. The molecule has 0 aromatic heterocycles. The van der Waals surface area contributed by atoms with Gasteiger partial charge >= 0.3 is 6.95 Å². The smallest absolute Gasteiger partial charge is 0.297 e. The minimum atomic E-state index is -3.40. The lowest BCUT2D eigenvalue weighted by atomic mass is 10.5. The van der Waals surface area contributed by atoms with Crippen molar-refractivity contribution in [3.63, 3.8) is 0 Å². The van der Waals surface area contributed by atoms with Crippen LogP contribution in [0.5, 0.6) is 0 Å². The van der Waals surface area contributed by atoms with Crippen molar-refractivity contribution in [1.29, 1.82) is 0 Å². The summed E-state index contributed by atoms with van der Waals surface area (Å²) in [5.41, 5.74) is 0. The molecule has 0 atom stereocenters. The van der Waals surface area contributed by atoms with Crippen LogP contribution in [-0.4, -0.2) is 25.0 Å². The van der Waals surface area contributed by atoms with Crippen molar-refractivity contribution in [1.82, 2.24) is 0 Å². The highest BCUT2D eigenvalue weighted by Crippen LogP contribution is 2.53. The Balaban J connectivity index is 3.49. The van der Waals surface area contributed by atoms with Gasteiger partial charge in [0.15, 0.2) is 0 Å². The van der Waals surface area contributed by atoms with E-state index in [-0.39, 0.29) is 13.2 Å². The average molecular weight is 269 g/mol. The molecule has 0 aliphatic heterocycles. The van der Waals surface area contributed by atoms with E-state index >= 15 is 0 Å². The summed E-state index contributed by atoms with van der Waals surface area (Å²) >= 11 is 16.2. The van der Waals surface area contributed by atoms with E-state index in [1.807, 2.05) is 0 Å². The summed E-state index contributed by atoms with van der Waals surface area (Å²) in [4.78, 5) is 0. The molecule has 0 heterocycles. The van der Waals surface area contributed by atoms with Crippen molar-refractivity contribution in [2.75, 3.05) is 25.0 Å². The van der Waals surface area contributed by atoms with Crippen LogP contribution in [0.15, 0.2) is 0 Å². The lowest BCUT2D eigenvalue weighted by molar-refractivity contribution is 0.219. The molecule has 80 valence electrons. The van der Waals surface area contributed by atoms with Crippen molar-refractivity contribution in [3.05, 3.63) is 0 Å². The molecule has 0 N–H and O–H groups in total. The summed E-state index contributed by atoms with van der Waals surface area (Å²) in [6.07, 6.45) is 1.19. The van der Waals surface area contributed by atoms with Crippen molar-refractivity contribution in [3.8, 4) is 0 Å². The maximum Gasteiger partial charge on any atom is 0.424 e. The zero-order valence-electron chi connectivity index (χ0n) is 7.05. The lowest BCUT2D eigenvalue weighted by Gasteiger charge is -2.10. The Morgan fingerprint density at radius 3 is 1.69 bits per heavy atom. The standard InChI is InChI=1S/C6H12Cl3O3P/c7-3-1-5-11-13(9,10)12-6-2-4-8/h1-6H2. The molecule has 0 radical (unpaired) electrons. The van der Waals surface area contributed by atoms with Crippen molar-refractivity contribution in [2.24, 2.45) is 0 Å². The second-order valence-corrected chi connectivity index (χ2v) is 5.56. The Morgan fingerprint density at radius 1 is 1.00 bits per heavy atom. The van der Waals surface area contributed by atoms with Gasteiger partial charge in [-0.25, -0.2) is 4.57 Å². The summed E-state index contributed by atoms with van der Waals surface area (Å²) < 4.78 is 20.8. The van der Waals surface area contributed by atoms with Crippen molar-refractivity contribution < 1.29 is 13.6 Å². The van der Waals surface area contributed by atoms with Crippen LogP contribution in [0, 0.1) is 0 Å². The molecule has 0 aromatic carbocycles. The first-order valence-corrected chi connectivity index (χ1v) is 7.35. The molecule has 0 saturated carbocycles. The number of alkyl halides is 2. The molecular formula is C6H12Cl3O3P. The summed E-state index contributed by atoms with van der Waals surface area (Å²) in [5, 5.41) is 0. The fraction of sp³-hybridized carbons (Fsp3) is 1.00. The topological polar surface area (TPSA) is 35.5 Å². The summed E-state index contributed by atoms with van der Waals surface area (Å²) in [6.45, 7) is -2.91. The first-order chi connectivity index (χ1) is 6.12. The van der Waals surface area contributed by atoms with Crippen LogP contribution in [-0.2, 0) is 13.6 Å². The van der Waals surface area contributed by atoms with Crippen LogP contribution in [0.3, 0.4) is 0 Å². The van der Waals surface area contributed by atoms with E-state index in [1.54, 1.807) is 0 Å². The normalized spacial score (nSPS) is 11.9. The van der Waals surface area contributed by atoms with Gasteiger partial charge in [0.1, 0.15) is 0 Å². The average Bonchev–Trinajstić information content (AvgIpc) is 2.05. The predicted molar refractivity (Wildman–Crippen MR) is 56.0 cm³/mol. The molecule has 0 amide bonds. The van der Waals surface area contributed by atoms with Crippen LogP contribution in [0.4, 0.5) is 0 Å². The molecule has 13 heavy (non-hydrogen) atoms. The first kappa shape index (κ1) is 14.0. The number of rotatable bonds is 8. The highest BCUT2D eigenvalue weighted by Gasteiger charge is 2.19. The van der Waals surface area contributed by atoms with E-state index in [2.05, 4.69) is 0 Å². The van der Waals surface area contributed by atoms with Crippen molar-refractivity contribution in [2.45, 2.75) is 12.8 Å². The maximum absolute atomic E-state index is 11.2. The second-order valence-electron chi connectivity index (χ2n) is 2.18. The number of hydrogen-bond acceptors (Lipinski definition) is 3. The maximum atomic E-state index is 11.2. The molecule has 0 saturated heterocycles. The molecule has 7 heteroatoms. The van der Waals surface area contributed by atoms with Crippen LogP contribution < -0.4 is 0 Å². The predicted octanol–water partition coefficient (Wildman–Crippen LogP) is 3.62. The van der Waals surface area contributed by atoms with Gasteiger partial charge in [-0.15, -0.1) is 23.2 Å². The zero-order valence-corrected chi connectivity index (χ0v) is 10.2. The first-order valence-electron chi connectivity index (χ1n) is 3.83. The van der Waals surface area contributed by atoms with Crippen LogP contribution in [0.1, 0.15) is 12.8 Å². The van der Waals surface area contributed by atoms with Gasteiger partial charge in [0.2, 0.25) is 0 Å². The third-order valence-corrected chi connectivity index (χ3v) is 3.15. The van der Waals surface area contributed by atoms with Gasteiger partial charge in [0.25, 0.3) is 0 Å². The molecular weight excluding hydrogens is 257 g/mol. The Labute approximate surface area is 93.0 Å². The van der Waals surface area contributed by atoms with E-state index < -0.39 is 6.95 Å². The van der Waals surface area contributed by atoms with Crippen LogP contribution in [0.25, 0.3) is 0 Å². The molecule has 0 aromatic rings. The molecule has 0 spiro atoms. The van der Waals surface area contributed by atoms with Gasteiger partial charge in [-0.05, 0) is 12.8 Å². The third kappa shape index (κ3) is 9.33. The van der Waals surface area contributed by atoms with Gasteiger partial charge in [-0.2, -0.15) is 0 Å². The van der Waals surface area contributed by atoms with Gasteiger partial charge in [0.05, 0.1) is 13.2 Å². The molecule has 0 aliphatic carbocycles. The number of hydrogen-bond donors (Lipinski definition) is 0. The summed E-state index contributed by atoms with van der Waals surface area (Å²) in [6, 6.07) is 0. The van der Waals surface area contributed by atoms with E-state index in [1.165, 1.54) is 0 Å². The van der Waals surface area contributed by atoms with Gasteiger partial charge in [-0.1, -0.05) is 0 Å². The highest BCUT2D eigenvalue weighted by atomic mass is 35.7. The SMILES string of the molecule is O=P(Cl)(OCCCCl)OCCCCl. The summed E-state index contributed by atoms with van der Waals surface area (Å²) in [7, 11) is 0. The quantitative estimate of drug-likeness (QED) is 0.383. The molecule has 3 nitrogen and oxygen atoms in total. The second kappa shape index (κ2) is 8.34. The minimum absolute atomic E-state index is 0.241. The number of halogens is 3.